The highest BCUT2D eigenvalue weighted by Crippen LogP contribution is 2.18. The fourth-order valence-corrected chi connectivity index (χ4v) is 3.29. The van der Waals surface area contributed by atoms with Gasteiger partial charge in [0.2, 0.25) is 0 Å². The second-order valence-electron chi connectivity index (χ2n) is 6.14. The van der Waals surface area contributed by atoms with Crippen LogP contribution >= 0.6 is 15.9 Å². The summed E-state index contributed by atoms with van der Waals surface area (Å²) in [6.45, 7) is 5.83. The van der Waals surface area contributed by atoms with Crippen LogP contribution in [-0.4, -0.2) is 44.2 Å². The predicted molar refractivity (Wildman–Crippen MR) is 104 cm³/mol. The Kier molecular flexibility index (Phi) is 6.32. The summed E-state index contributed by atoms with van der Waals surface area (Å²) in [5, 5.41) is 8.91. The molecule has 1 saturated heterocycles. The van der Waals surface area contributed by atoms with Gasteiger partial charge in [0.25, 0.3) is 0 Å². The number of nitrogens with zero attached hydrogens (tertiary/aromatic N) is 3. The van der Waals surface area contributed by atoms with Gasteiger partial charge in [-0.3, -0.25) is 4.90 Å². The van der Waals surface area contributed by atoms with Crippen molar-refractivity contribution >= 4 is 21.6 Å². The lowest BCUT2D eigenvalue weighted by Gasteiger charge is -2.23. The molecule has 2 aromatic carbocycles. The van der Waals surface area contributed by atoms with Crippen LogP contribution in [0, 0.1) is 11.3 Å². The zero-order valence-corrected chi connectivity index (χ0v) is 15.8. The maximum absolute atomic E-state index is 8.91. The van der Waals surface area contributed by atoms with Crippen LogP contribution in [0.4, 0.5) is 5.69 Å². The van der Waals surface area contributed by atoms with Crippen molar-refractivity contribution in [1.82, 2.24) is 4.90 Å². The normalized spacial score (nSPS) is 15.4. The van der Waals surface area contributed by atoms with Crippen molar-refractivity contribution < 1.29 is 4.74 Å². The van der Waals surface area contributed by atoms with Gasteiger partial charge in [-0.15, -0.1) is 0 Å². The van der Waals surface area contributed by atoms with E-state index in [0.29, 0.717) is 12.2 Å². The highest BCUT2D eigenvalue weighted by molar-refractivity contribution is 9.10. The molecule has 0 unspecified atom stereocenters. The van der Waals surface area contributed by atoms with E-state index in [1.54, 1.807) is 0 Å². The topological polar surface area (TPSA) is 39.5 Å². The highest BCUT2D eigenvalue weighted by atomic mass is 79.9. The number of nitriles is 1. The first-order chi connectivity index (χ1) is 12.2. The minimum absolute atomic E-state index is 0.707. The van der Waals surface area contributed by atoms with Gasteiger partial charge in [0.05, 0.1) is 11.6 Å². The quantitative estimate of drug-likeness (QED) is 0.763. The molecule has 1 heterocycles. The number of halogens is 1. The highest BCUT2D eigenvalue weighted by Gasteiger charge is 2.15. The lowest BCUT2D eigenvalue weighted by atomic mass is 10.2. The largest absolute Gasteiger partial charge is 0.492 e. The average Bonchev–Trinajstić information content (AvgIpc) is 2.89. The third-order valence-electron chi connectivity index (χ3n) is 4.44. The van der Waals surface area contributed by atoms with Gasteiger partial charge in [-0.1, -0.05) is 15.9 Å². The van der Waals surface area contributed by atoms with Gasteiger partial charge in [0, 0.05) is 42.9 Å². The maximum atomic E-state index is 8.91. The first-order valence-corrected chi connectivity index (χ1v) is 9.40. The molecule has 3 rings (SSSR count). The van der Waals surface area contributed by atoms with E-state index in [2.05, 4.69) is 31.8 Å². The molecule has 25 heavy (non-hydrogen) atoms. The molecule has 5 heteroatoms. The summed E-state index contributed by atoms with van der Waals surface area (Å²) in [7, 11) is 0. The van der Waals surface area contributed by atoms with Crippen LogP contribution in [0.25, 0.3) is 0 Å². The number of anilines is 1. The zero-order valence-electron chi connectivity index (χ0n) is 14.2. The van der Waals surface area contributed by atoms with Gasteiger partial charge in [0.15, 0.2) is 0 Å². The molecule has 1 aliphatic heterocycles. The van der Waals surface area contributed by atoms with Crippen molar-refractivity contribution in [3.8, 4) is 11.8 Å². The molecule has 2 aromatic rings. The fourth-order valence-electron chi connectivity index (χ4n) is 3.02. The Labute approximate surface area is 157 Å². The van der Waals surface area contributed by atoms with Gasteiger partial charge in [-0.25, -0.2) is 0 Å². The molecular formula is C20H22BrN3O. The van der Waals surface area contributed by atoms with Crippen LogP contribution < -0.4 is 9.64 Å². The van der Waals surface area contributed by atoms with E-state index < -0.39 is 0 Å². The summed E-state index contributed by atoms with van der Waals surface area (Å²) in [6, 6.07) is 18.0. The van der Waals surface area contributed by atoms with E-state index in [-0.39, 0.29) is 0 Å². The molecule has 0 amide bonds. The van der Waals surface area contributed by atoms with Gasteiger partial charge in [-0.2, -0.15) is 5.26 Å². The Balaban J connectivity index is 1.46. The number of hydrogen-bond acceptors (Lipinski definition) is 4. The first-order valence-electron chi connectivity index (χ1n) is 8.60. The second-order valence-corrected chi connectivity index (χ2v) is 7.06. The maximum Gasteiger partial charge on any atom is 0.119 e. The lowest BCUT2D eigenvalue weighted by Crippen LogP contribution is -2.33. The summed E-state index contributed by atoms with van der Waals surface area (Å²) in [6.07, 6.45) is 1.14. The molecule has 0 radical (unpaired) electrons. The molecule has 0 spiro atoms. The summed E-state index contributed by atoms with van der Waals surface area (Å²) in [5.41, 5.74) is 1.91. The Morgan fingerprint density at radius 1 is 0.960 bits per heavy atom. The van der Waals surface area contributed by atoms with Crippen LogP contribution in [0.2, 0.25) is 0 Å². The number of ether oxygens (including phenoxy) is 1. The standard InChI is InChI=1S/C20H22BrN3O/c21-18-4-8-20(9-5-18)25-15-14-23-10-1-11-24(13-12-23)19-6-2-17(16-22)3-7-19/h2-9H,1,10-15H2. The van der Waals surface area contributed by atoms with E-state index in [1.165, 1.54) is 5.69 Å². The molecule has 130 valence electrons. The van der Waals surface area contributed by atoms with E-state index in [1.807, 2.05) is 48.5 Å². The summed E-state index contributed by atoms with van der Waals surface area (Å²) in [4.78, 5) is 4.86. The molecule has 0 N–H and O–H groups in total. The summed E-state index contributed by atoms with van der Waals surface area (Å²) >= 11 is 3.43. The Hall–Kier alpha value is -2.03. The molecule has 1 aliphatic rings. The first kappa shape index (κ1) is 17.8. The number of benzene rings is 2. The van der Waals surface area contributed by atoms with Crippen molar-refractivity contribution in [1.29, 1.82) is 5.26 Å². The third-order valence-corrected chi connectivity index (χ3v) is 4.97. The van der Waals surface area contributed by atoms with Gasteiger partial charge >= 0.3 is 0 Å². The van der Waals surface area contributed by atoms with Crippen molar-refractivity contribution in [3.05, 3.63) is 58.6 Å². The van der Waals surface area contributed by atoms with Gasteiger partial charge in [0.1, 0.15) is 12.4 Å². The number of rotatable bonds is 5. The van der Waals surface area contributed by atoms with Crippen LogP contribution in [0.5, 0.6) is 5.75 Å². The van der Waals surface area contributed by atoms with E-state index in [9.17, 15) is 0 Å². The van der Waals surface area contributed by atoms with Gasteiger partial charge < -0.3 is 9.64 Å². The van der Waals surface area contributed by atoms with Crippen LogP contribution in [0.3, 0.4) is 0 Å². The average molecular weight is 400 g/mol. The molecule has 0 atom stereocenters. The van der Waals surface area contributed by atoms with E-state index >= 15 is 0 Å². The van der Waals surface area contributed by atoms with Crippen molar-refractivity contribution in [2.24, 2.45) is 0 Å². The molecule has 4 nitrogen and oxygen atoms in total. The zero-order chi connectivity index (χ0) is 17.5. The second kappa shape index (κ2) is 8.89. The fraction of sp³-hybridized carbons (Fsp3) is 0.350. The SMILES string of the molecule is N#Cc1ccc(N2CCCN(CCOc3ccc(Br)cc3)CC2)cc1. The summed E-state index contributed by atoms with van der Waals surface area (Å²) < 4.78 is 6.90. The minimum Gasteiger partial charge on any atom is -0.492 e. The molecular weight excluding hydrogens is 378 g/mol. The summed E-state index contributed by atoms with van der Waals surface area (Å²) in [5.74, 6) is 0.914. The number of hydrogen-bond donors (Lipinski definition) is 0. The van der Waals surface area contributed by atoms with E-state index in [4.69, 9.17) is 10.00 Å². The van der Waals surface area contributed by atoms with Crippen molar-refractivity contribution in [3.63, 3.8) is 0 Å². The predicted octanol–water partition coefficient (Wildman–Crippen LogP) is 3.91. The smallest absolute Gasteiger partial charge is 0.119 e. The van der Waals surface area contributed by atoms with Crippen molar-refractivity contribution in [2.45, 2.75) is 6.42 Å². The Bertz CT molecular complexity index is 709. The molecule has 0 aliphatic carbocycles. The van der Waals surface area contributed by atoms with E-state index in [0.717, 1.165) is 49.4 Å². The molecule has 0 aromatic heterocycles. The Morgan fingerprint density at radius 3 is 2.44 bits per heavy atom. The molecule has 1 fully saturated rings. The van der Waals surface area contributed by atoms with Gasteiger partial charge in [-0.05, 0) is 55.0 Å². The third kappa shape index (κ3) is 5.22. The minimum atomic E-state index is 0.707. The molecule has 0 saturated carbocycles. The van der Waals surface area contributed by atoms with Crippen molar-refractivity contribution in [2.75, 3.05) is 44.2 Å². The Morgan fingerprint density at radius 2 is 1.72 bits per heavy atom. The van der Waals surface area contributed by atoms with Crippen LogP contribution in [0.15, 0.2) is 53.0 Å². The lowest BCUT2D eigenvalue weighted by molar-refractivity contribution is 0.218. The van der Waals surface area contributed by atoms with Crippen LogP contribution in [0.1, 0.15) is 12.0 Å². The van der Waals surface area contributed by atoms with Crippen LogP contribution in [-0.2, 0) is 0 Å². The molecule has 0 bridgehead atoms. The monoisotopic (exact) mass is 399 g/mol.